The van der Waals surface area contributed by atoms with Crippen molar-refractivity contribution in [2.45, 2.75) is 5.54 Å². The SMILES string of the molecule is O=C1C(c2ccc(Br)cc2)=Cc2cccc[n+]2[C@]12C([N+](=O)[O-])=CC([N+](=O)[O-])=C1NON=C12. The van der Waals surface area contributed by atoms with Gasteiger partial charge in [-0.3, -0.25) is 30.0 Å². The summed E-state index contributed by atoms with van der Waals surface area (Å²) in [4.78, 5) is 41.2. The number of halogens is 1. The van der Waals surface area contributed by atoms with Gasteiger partial charge in [0.15, 0.2) is 11.9 Å². The lowest BCUT2D eigenvalue weighted by Crippen LogP contribution is -2.71. The number of fused-ring (bicyclic) bond motifs is 4. The van der Waals surface area contributed by atoms with Crippen molar-refractivity contribution in [1.82, 2.24) is 5.48 Å². The maximum Gasteiger partial charge on any atom is 0.368 e. The molecule has 1 aliphatic carbocycles. The number of carbonyl (C=O) groups excluding carboxylic acids is 1. The molecule has 158 valence electrons. The summed E-state index contributed by atoms with van der Waals surface area (Å²) in [6, 6.07) is 11.9. The lowest BCUT2D eigenvalue weighted by molar-refractivity contribution is -0.739. The van der Waals surface area contributed by atoms with E-state index >= 15 is 0 Å². The third kappa shape index (κ3) is 2.56. The Kier molecular flexibility index (Phi) is 4.27. The molecule has 3 heterocycles. The van der Waals surface area contributed by atoms with Crippen LogP contribution in [0.15, 0.2) is 81.5 Å². The fourth-order valence-corrected chi connectivity index (χ4v) is 4.35. The van der Waals surface area contributed by atoms with Gasteiger partial charge in [0, 0.05) is 28.3 Å². The molecular weight excluding hydrogens is 486 g/mol. The molecule has 0 bridgehead atoms. The van der Waals surface area contributed by atoms with Crippen LogP contribution in [-0.4, -0.2) is 21.3 Å². The Balaban J connectivity index is 1.87. The van der Waals surface area contributed by atoms with Crippen LogP contribution in [0.1, 0.15) is 11.3 Å². The summed E-state index contributed by atoms with van der Waals surface area (Å²) < 4.78 is 2.18. The number of nitro groups is 2. The van der Waals surface area contributed by atoms with Crippen molar-refractivity contribution in [2.24, 2.45) is 5.16 Å². The molecule has 0 unspecified atom stereocenters. The number of oxime groups is 1. The molecule has 0 amide bonds. The fourth-order valence-electron chi connectivity index (χ4n) is 4.09. The maximum absolute atomic E-state index is 14.1. The van der Waals surface area contributed by atoms with Crippen LogP contribution in [0, 0.1) is 20.2 Å². The van der Waals surface area contributed by atoms with Crippen LogP contribution in [-0.2, 0) is 15.3 Å². The summed E-state index contributed by atoms with van der Waals surface area (Å²) in [7, 11) is 0. The molecule has 32 heavy (non-hydrogen) atoms. The summed E-state index contributed by atoms with van der Waals surface area (Å²) >= 11 is 3.35. The first-order valence-corrected chi connectivity index (χ1v) is 9.94. The normalized spacial score (nSPS) is 21.0. The Bertz CT molecular complexity index is 1360. The topological polar surface area (TPSA) is 141 Å². The smallest absolute Gasteiger partial charge is 0.285 e. The van der Waals surface area contributed by atoms with Crippen LogP contribution < -0.4 is 10.0 Å². The lowest BCUT2D eigenvalue weighted by Gasteiger charge is -2.29. The monoisotopic (exact) mass is 496 g/mol. The van der Waals surface area contributed by atoms with Crippen molar-refractivity contribution in [3.05, 3.63) is 108 Å². The van der Waals surface area contributed by atoms with Crippen molar-refractivity contribution < 1.29 is 24.1 Å². The predicted molar refractivity (Wildman–Crippen MR) is 112 cm³/mol. The van der Waals surface area contributed by atoms with Gasteiger partial charge in [-0.1, -0.05) is 28.1 Å². The van der Waals surface area contributed by atoms with Gasteiger partial charge in [-0.25, -0.2) is 0 Å². The van der Waals surface area contributed by atoms with Crippen molar-refractivity contribution in [3.8, 4) is 0 Å². The van der Waals surface area contributed by atoms with Crippen LogP contribution in [0.5, 0.6) is 0 Å². The molecule has 3 aliphatic rings. The number of benzene rings is 1. The Morgan fingerprint density at radius 1 is 1.06 bits per heavy atom. The zero-order chi connectivity index (χ0) is 22.6. The van der Waals surface area contributed by atoms with E-state index in [1.807, 2.05) is 0 Å². The van der Waals surface area contributed by atoms with Gasteiger partial charge in [0.1, 0.15) is 6.08 Å². The van der Waals surface area contributed by atoms with E-state index in [1.165, 1.54) is 10.8 Å². The van der Waals surface area contributed by atoms with Crippen molar-refractivity contribution in [3.63, 3.8) is 0 Å². The molecule has 2 aliphatic heterocycles. The summed E-state index contributed by atoms with van der Waals surface area (Å²) in [5.41, 5.74) is -0.426. The number of aromatic nitrogens is 1. The average molecular weight is 497 g/mol. The van der Waals surface area contributed by atoms with Gasteiger partial charge < -0.3 is 0 Å². The first-order chi connectivity index (χ1) is 15.4. The molecule has 1 aromatic carbocycles. The Morgan fingerprint density at radius 2 is 1.81 bits per heavy atom. The number of hydrogen-bond acceptors (Lipinski definition) is 8. The summed E-state index contributed by atoms with van der Waals surface area (Å²) in [5.74, 6) is -0.669. The van der Waals surface area contributed by atoms with Crippen LogP contribution in [0.3, 0.4) is 0 Å². The van der Waals surface area contributed by atoms with Gasteiger partial charge in [-0.15, -0.1) is 0 Å². The summed E-state index contributed by atoms with van der Waals surface area (Å²) in [5, 5.41) is 27.6. The highest BCUT2D eigenvalue weighted by Crippen LogP contribution is 2.42. The molecule has 1 atom stereocenters. The molecule has 1 aromatic heterocycles. The maximum atomic E-state index is 14.1. The molecule has 0 saturated carbocycles. The fraction of sp³-hybridized carbons (Fsp3) is 0.0500. The number of hydroxylamine groups is 1. The van der Waals surface area contributed by atoms with E-state index in [4.69, 9.17) is 4.94 Å². The third-order valence-corrected chi connectivity index (χ3v) is 5.96. The molecule has 1 spiro atoms. The van der Waals surface area contributed by atoms with Gasteiger partial charge >= 0.3 is 16.9 Å². The van der Waals surface area contributed by atoms with Crippen LogP contribution >= 0.6 is 15.9 Å². The second kappa shape index (κ2) is 6.92. The minimum absolute atomic E-state index is 0.190. The van der Waals surface area contributed by atoms with Gasteiger partial charge in [0.2, 0.25) is 11.4 Å². The Labute approximate surface area is 187 Å². The number of pyridine rings is 1. The first-order valence-electron chi connectivity index (χ1n) is 9.15. The van der Waals surface area contributed by atoms with Gasteiger partial charge in [-0.05, 0) is 28.9 Å². The predicted octanol–water partition coefficient (Wildman–Crippen LogP) is 2.11. The van der Waals surface area contributed by atoms with Crippen molar-refractivity contribution in [2.75, 3.05) is 0 Å². The highest BCUT2D eigenvalue weighted by atomic mass is 79.9. The van der Waals surface area contributed by atoms with E-state index < -0.39 is 32.6 Å². The molecular formula is C20H11BrN5O6+. The van der Waals surface area contributed by atoms with Gasteiger partial charge in [-0.2, -0.15) is 10.0 Å². The molecule has 0 fully saturated rings. The zero-order valence-corrected chi connectivity index (χ0v) is 17.5. The highest BCUT2D eigenvalue weighted by molar-refractivity contribution is 9.10. The van der Waals surface area contributed by atoms with Crippen LogP contribution in [0.25, 0.3) is 11.6 Å². The number of allylic oxidation sites excluding steroid dienone is 4. The largest absolute Gasteiger partial charge is 0.368 e. The number of nitrogens with one attached hydrogen (secondary N) is 1. The van der Waals surface area contributed by atoms with E-state index in [0.29, 0.717) is 11.3 Å². The standard InChI is InChI=1S/C20H11BrN5O6/c21-12-6-4-11(5-7-12)14-9-13-3-1-2-8-24(13)20(19(14)27)16(26(30)31)10-15(25(28)29)17-18(20)23-32-22-17/h1-10,22H/q+1/t20-/m0/s1. The second-order valence-corrected chi connectivity index (χ2v) is 7.95. The Morgan fingerprint density at radius 3 is 2.50 bits per heavy atom. The van der Waals surface area contributed by atoms with Gasteiger partial charge in [0.25, 0.3) is 5.78 Å². The van der Waals surface area contributed by atoms with E-state index in [0.717, 1.165) is 10.5 Å². The quantitative estimate of drug-likeness (QED) is 0.389. The van der Waals surface area contributed by atoms with E-state index in [9.17, 15) is 25.0 Å². The number of carbonyl (C=O) groups is 1. The number of Topliss-reactive ketones (excluding diaryl/α,β-unsaturated/α-hetero) is 1. The van der Waals surface area contributed by atoms with Gasteiger partial charge in [0.05, 0.1) is 9.85 Å². The van der Waals surface area contributed by atoms with E-state index in [1.54, 1.807) is 48.5 Å². The number of hydrogen-bond donors (Lipinski definition) is 1. The minimum atomic E-state index is -2.12. The number of rotatable bonds is 3. The number of nitrogens with zero attached hydrogens (tertiary/aromatic N) is 4. The minimum Gasteiger partial charge on any atom is -0.285 e. The second-order valence-electron chi connectivity index (χ2n) is 7.04. The van der Waals surface area contributed by atoms with Crippen molar-refractivity contribution >= 4 is 39.1 Å². The van der Waals surface area contributed by atoms with E-state index in [2.05, 4.69) is 26.6 Å². The zero-order valence-electron chi connectivity index (χ0n) is 15.9. The highest BCUT2D eigenvalue weighted by Gasteiger charge is 2.71. The first kappa shape index (κ1) is 19.8. The van der Waals surface area contributed by atoms with Crippen LogP contribution in [0.4, 0.5) is 0 Å². The molecule has 11 nitrogen and oxygen atoms in total. The van der Waals surface area contributed by atoms with Crippen molar-refractivity contribution in [1.29, 1.82) is 0 Å². The molecule has 2 aromatic rings. The molecule has 0 radical (unpaired) electrons. The molecule has 5 rings (SSSR count). The molecule has 12 heteroatoms. The van der Waals surface area contributed by atoms with E-state index in [-0.39, 0.29) is 17.0 Å². The molecule has 1 N–H and O–H groups in total. The molecule has 0 saturated heterocycles. The third-order valence-electron chi connectivity index (χ3n) is 5.43. The summed E-state index contributed by atoms with van der Waals surface area (Å²) in [6.07, 6.45) is 3.89. The Hall–Kier alpha value is -4.19. The summed E-state index contributed by atoms with van der Waals surface area (Å²) in [6.45, 7) is 0. The average Bonchev–Trinajstić information content (AvgIpc) is 3.26. The van der Waals surface area contributed by atoms with Crippen LogP contribution in [0.2, 0.25) is 0 Å². The number of ketones is 1. The lowest BCUT2D eigenvalue weighted by atomic mass is 9.73.